The zero-order valence-corrected chi connectivity index (χ0v) is 23.4. The zero-order valence-electron chi connectivity index (χ0n) is 20.3. The largest absolute Gasteiger partial charge is 0.459 e. The van der Waals surface area contributed by atoms with Crippen LogP contribution in [0.25, 0.3) is 0 Å². The van der Waals surface area contributed by atoms with E-state index in [-0.39, 0.29) is 6.61 Å². The van der Waals surface area contributed by atoms with E-state index in [1.165, 1.54) is 0 Å². The minimum absolute atomic E-state index is 0.125. The summed E-state index contributed by atoms with van der Waals surface area (Å²) in [5, 5.41) is 0. The first-order valence-corrected chi connectivity index (χ1v) is 13.8. The van der Waals surface area contributed by atoms with Gasteiger partial charge in [-0.05, 0) is 39.9 Å². The molecular formula is C29H21BrCl2N2O5. The fourth-order valence-electron chi connectivity index (χ4n) is 6.30. The number of esters is 1. The van der Waals surface area contributed by atoms with Gasteiger partial charge >= 0.3 is 5.97 Å². The second kappa shape index (κ2) is 9.18. The van der Waals surface area contributed by atoms with E-state index in [1.54, 1.807) is 72.8 Å². The fourth-order valence-corrected chi connectivity index (χ4v) is 7.66. The number of alkyl halides is 2. The number of likely N-dealkylation sites (tertiary alicyclic amines) is 1. The molecule has 3 amide bonds. The van der Waals surface area contributed by atoms with Gasteiger partial charge in [0, 0.05) is 4.47 Å². The standard InChI is InChI=1S/C29H21BrCl2N2O5/c30-16-11-9-15(10-12-16)14-39-27(38)21(13-22(33)35)34-25(36)23-24(26(34)37)29(32)18-6-2-1-5-17(18)28(23,31)19-7-3-4-8-20(19)29/h1-12,21,23-24H,13-14H2,(H2,33,35)/t21-,23-,24-,28?,29?/m1/s1. The van der Waals surface area contributed by atoms with Crippen LogP contribution < -0.4 is 5.73 Å². The van der Waals surface area contributed by atoms with Gasteiger partial charge in [-0.15, -0.1) is 23.2 Å². The van der Waals surface area contributed by atoms with Crippen molar-refractivity contribution in [3.05, 3.63) is 105 Å². The smallest absolute Gasteiger partial charge is 0.330 e. The van der Waals surface area contributed by atoms with Crippen molar-refractivity contribution in [2.24, 2.45) is 17.6 Å². The second-order valence-electron chi connectivity index (χ2n) is 9.94. The Balaban J connectivity index is 1.42. The van der Waals surface area contributed by atoms with E-state index in [1.807, 2.05) is 0 Å². The monoisotopic (exact) mass is 626 g/mol. The summed E-state index contributed by atoms with van der Waals surface area (Å²) in [6.45, 7) is -0.125. The molecule has 3 atom stereocenters. The summed E-state index contributed by atoms with van der Waals surface area (Å²) in [7, 11) is 0. The summed E-state index contributed by atoms with van der Waals surface area (Å²) in [5.74, 6) is -5.40. The van der Waals surface area contributed by atoms with Crippen LogP contribution in [0, 0.1) is 11.8 Å². The van der Waals surface area contributed by atoms with E-state index in [0.717, 1.165) is 9.37 Å². The third-order valence-electron chi connectivity index (χ3n) is 7.89. The lowest BCUT2D eigenvalue weighted by Crippen LogP contribution is -2.57. The van der Waals surface area contributed by atoms with Crippen LogP contribution in [0.2, 0.25) is 0 Å². The molecule has 7 rings (SSSR count). The van der Waals surface area contributed by atoms with Crippen molar-refractivity contribution in [3.63, 3.8) is 0 Å². The Labute approximate surface area is 242 Å². The molecule has 7 nitrogen and oxygen atoms in total. The highest BCUT2D eigenvalue weighted by Crippen LogP contribution is 2.69. The predicted molar refractivity (Wildman–Crippen MR) is 147 cm³/mol. The van der Waals surface area contributed by atoms with Gasteiger partial charge < -0.3 is 10.5 Å². The van der Waals surface area contributed by atoms with E-state index in [0.29, 0.717) is 27.8 Å². The summed E-state index contributed by atoms with van der Waals surface area (Å²) >= 11 is 18.2. The molecule has 0 aromatic heterocycles. The number of nitrogens with zero attached hydrogens (tertiary/aromatic N) is 1. The summed E-state index contributed by atoms with van der Waals surface area (Å²) < 4.78 is 6.31. The molecule has 0 unspecified atom stereocenters. The van der Waals surface area contributed by atoms with E-state index in [4.69, 9.17) is 33.7 Å². The molecule has 1 aliphatic heterocycles. The number of halogens is 3. The van der Waals surface area contributed by atoms with Crippen LogP contribution in [-0.2, 0) is 40.3 Å². The Hall–Kier alpha value is -3.20. The SMILES string of the molecule is NC(=O)C[C@H](C(=O)OCc1ccc(Br)cc1)N1C(=O)[C@H]2[C@H](C1=O)C1(Cl)c3ccccc3C2(Cl)c2ccccc21. The number of rotatable bonds is 6. The maximum atomic E-state index is 14.1. The first-order chi connectivity index (χ1) is 18.6. The number of carbonyl (C=O) groups excluding carboxylic acids is 4. The number of benzene rings is 3. The Morgan fingerprint density at radius 1 is 0.846 bits per heavy atom. The highest BCUT2D eigenvalue weighted by molar-refractivity contribution is 9.10. The van der Waals surface area contributed by atoms with Crippen molar-refractivity contribution >= 4 is 62.8 Å². The molecule has 0 spiro atoms. The molecule has 3 aromatic rings. The normalized spacial score (nSPS) is 27.0. The van der Waals surface area contributed by atoms with Crippen LogP contribution in [0.5, 0.6) is 0 Å². The first kappa shape index (κ1) is 26.0. The number of hydrogen-bond acceptors (Lipinski definition) is 5. The average molecular weight is 628 g/mol. The molecule has 3 aromatic carbocycles. The third kappa shape index (κ3) is 3.61. The van der Waals surface area contributed by atoms with Gasteiger partial charge in [0.1, 0.15) is 22.4 Å². The van der Waals surface area contributed by atoms with Crippen molar-refractivity contribution < 1.29 is 23.9 Å². The van der Waals surface area contributed by atoms with Crippen LogP contribution in [-0.4, -0.2) is 34.6 Å². The first-order valence-electron chi connectivity index (χ1n) is 12.2. The number of hydrogen-bond donors (Lipinski definition) is 1. The van der Waals surface area contributed by atoms with Crippen molar-refractivity contribution in [3.8, 4) is 0 Å². The summed E-state index contributed by atoms with van der Waals surface area (Å²) in [5.41, 5.74) is 8.68. The van der Waals surface area contributed by atoms with Gasteiger partial charge in [-0.25, -0.2) is 4.79 Å². The molecule has 198 valence electrons. The lowest BCUT2D eigenvalue weighted by molar-refractivity contribution is -0.160. The van der Waals surface area contributed by atoms with E-state index in [2.05, 4.69) is 15.9 Å². The molecule has 1 saturated heterocycles. The number of imide groups is 1. The van der Waals surface area contributed by atoms with Gasteiger partial charge in [-0.3, -0.25) is 19.3 Å². The van der Waals surface area contributed by atoms with Gasteiger partial charge in [0.25, 0.3) is 0 Å². The topological polar surface area (TPSA) is 107 Å². The van der Waals surface area contributed by atoms with Crippen molar-refractivity contribution in [2.45, 2.75) is 28.8 Å². The van der Waals surface area contributed by atoms with E-state index < -0.39 is 57.7 Å². The molecule has 0 saturated carbocycles. The van der Waals surface area contributed by atoms with Crippen LogP contribution in [0.3, 0.4) is 0 Å². The highest BCUT2D eigenvalue weighted by Gasteiger charge is 2.73. The minimum Gasteiger partial charge on any atom is -0.459 e. The fraction of sp³-hybridized carbons (Fsp3) is 0.241. The molecule has 39 heavy (non-hydrogen) atoms. The maximum absolute atomic E-state index is 14.1. The number of nitrogens with two attached hydrogens (primary N) is 1. The van der Waals surface area contributed by atoms with Gasteiger partial charge in [0.15, 0.2) is 0 Å². The van der Waals surface area contributed by atoms with Crippen molar-refractivity contribution in [1.29, 1.82) is 0 Å². The molecule has 1 heterocycles. The van der Waals surface area contributed by atoms with Gasteiger partial charge in [-0.2, -0.15) is 0 Å². The van der Waals surface area contributed by atoms with Crippen LogP contribution >= 0.6 is 39.1 Å². The molecule has 3 aliphatic carbocycles. The average Bonchev–Trinajstić information content (AvgIpc) is 3.20. The van der Waals surface area contributed by atoms with E-state index in [9.17, 15) is 19.2 Å². The van der Waals surface area contributed by atoms with Crippen LogP contribution in [0.15, 0.2) is 77.3 Å². The summed E-state index contributed by atoms with van der Waals surface area (Å²) in [6, 6.07) is 19.9. The molecule has 2 bridgehead atoms. The second-order valence-corrected chi connectivity index (χ2v) is 12.0. The number of carbonyl (C=O) groups is 4. The van der Waals surface area contributed by atoms with Gasteiger partial charge in [0.2, 0.25) is 17.7 Å². The van der Waals surface area contributed by atoms with E-state index >= 15 is 0 Å². The predicted octanol–water partition coefficient (Wildman–Crippen LogP) is 4.33. The quantitative estimate of drug-likeness (QED) is 0.249. The van der Waals surface area contributed by atoms with Crippen LogP contribution in [0.1, 0.15) is 34.2 Å². The lowest BCUT2D eigenvalue weighted by atomic mass is 9.54. The molecular weight excluding hydrogens is 607 g/mol. The lowest BCUT2D eigenvalue weighted by Gasteiger charge is -2.54. The highest BCUT2D eigenvalue weighted by atomic mass is 79.9. The zero-order chi connectivity index (χ0) is 27.7. The minimum atomic E-state index is -1.56. The van der Waals surface area contributed by atoms with Gasteiger partial charge in [0.05, 0.1) is 18.3 Å². The third-order valence-corrected chi connectivity index (χ3v) is 9.71. The van der Waals surface area contributed by atoms with Crippen LogP contribution in [0.4, 0.5) is 0 Å². The Bertz CT molecular complexity index is 1440. The summed E-state index contributed by atoms with van der Waals surface area (Å²) in [6.07, 6.45) is -0.597. The molecule has 0 radical (unpaired) electrons. The maximum Gasteiger partial charge on any atom is 0.330 e. The molecule has 10 heteroatoms. The number of primary amides is 1. The van der Waals surface area contributed by atoms with Gasteiger partial charge in [-0.1, -0.05) is 76.6 Å². The van der Waals surface area contributed by atoms with Crippen molar-refractivity contribution in [2.75, 3.05) is 0 Å². The molecule has 1 fully saturated rings. The molecule has 2 N–H and O–H groups in total. The molecule has 4 aliphatic rings. The van der Waals surface area contributed by atoms with Crippen molar-refractivity contribution in [1.82, 2.24) is 4.90 Å². The Morgan fingerprint density at radius 3 is 1.69 bits per heavy atom. The number of ether oxygens (including phenoxy) is 1. The Morgan fingerprint density at radius 2 is 1.28 bits per heavy atom. The summed E-state index contributed by atoms with van der Waals surface area (Å²) in [4.78, 5) is 51.6. The number of amides is 3. The Kier molecular flexibility index (Phi) is 6.13.